The summed E-state index contributed by atoms with van der Waals surface area (Å²) in [6.45, 7) is 8.02. The van der Waals surface area contributed by atoms with Gasteiger partial charge >= 0.3 is 0 Å². The molecule has 1 atom stereocenters. The lowest BCUT2D eigenvalue weighted by molar-refractivity contribution is 0.198. The molecule has 19 heavy (non-hydrogen) atoms. The lowest BCUT2D eigenvalue weighted by Gasteiger charge is -2.22. The smallest absolute Gasteiger partial charge is 0.0731 e. The van der Waals surface area contributed by atoms with Gasteiger partial charge in [0.2, 0.25) is 0 Å². The predicted molar refractivity (Wildman–Crippen MR) is 83.5 cm³/mol. The van der Waals surface area contributed by atoms with Crippen LogP contribution in [-0.4, -0.2) is 30.8 Å². The quantitative estimate of drug-likeness (QED) is 0.873. The Hall–Kier alpha value is -0.580. The number of rotatable bonds is 5. The maximum absolute atomic E-state index is 9.70. The maximum atomic E-state index is 9.70. The first-order valence-corrected chi connectivity index (χ1v) is 7.77. The van der Waals surface area contributed by atoms with Gasteiger partial charge in [-0.3, -0.25) is 0 Å². The van der Waals surface area contributed by atoms with E-state index in [-0.39, 0.29) is 6.10 Å². The van der Waals surface area contributed by atoms with Crippen LogP contribution < -0.4 is 10.2 Å². The fraction of sp³-hybridized carbons (Fsp3) is 0.600. The third-order valence-electron chi connectivity index (χ3n) is 3.42. The second-order valence-electron chi connectivity index (χ2n) is 5.69. The normalized spacial score (nSPS) is 19.4. The van der Waals surface area contributed by atoms with Crippen LogP contribution in [0.4, 0.5) is 5.69 Å². The van der Waals surface area contributed by atoms with Gasteiger partial charge in [0.15, 0.2) is 0 Å². The van der Waals surface area contributed by atoms with Crippen molar-refractivity contribution in [2.75, 3.05) is 24.5 Å². The summed E-state index contributed by atoms with van der Waals surface area (Å²) in [5.41, 5.74) is 2.54. The topological polar surface area (TPSA) is 35.5 Å². The zero-order valence-electron chi connectivity index (χ0n) is 11.7. The molecule has 0 radical (unpaired) electrons. The third kappa shape index (κ3) is 4.20. The molecule has 1 fully saturated rings. The van der Waals surface area contributed by atoms with Gasteiger partial charge < -0.3 is 15.3 Å². The van der Waals surface area contributed by atoms with Crippen molar-refractivity contribution >= 4 is 21.6 Å². The molecular weight excluding hydrogens is 304 g/mol. The Morgan fingerprint density at radius 1 is 1.47 bits per heavy atom. The van der Waals surface area contributed by atoms with E-state index in [1.165, 1.54) is 11.3 Å². The number of anilines is 1. The Labute approximate surface area is 124 Å². The molecule has 2 rings (SSSR count). The molecule has 0 aromatic heterocycles. The minimum absolute atomic E-state index is 0.185. The molecule has 3 nitrogen and oxygen atoms in total. The van der Waals surface area contributed by atoms with Crippen molar-refractivity contribution in [3.63, 3.8) is 0 Å². The van der Waals surface area contributed by atoms with Gasteiger partial charge in [-0.15, -0.1) is 0 Å². The first kappa shape index (κ1) is 14.8. The standard InChI is InChI=1S/C15H23BrN2O/c1-11(2)8-17-9-12-3-4-13(16)7-15(12)18-6-5-14(19)10-18/h3-4,7,11,14,17,19H,5-6,8-10H2,1-2H3. The van der Waals surface area contributed by atoms with Crippen LogP contribution in [0, 0.1) is 5.92 Å². The van der Waals surface area contributed by atoms with Crippen LogP contribution >= 0.6 is 15.9 Å². The van der Waals surface area contributed by atoms with Gasteiger partial charge in [-0.2, -0.15) is 0 Å². The van der Waals surface area contributed by atoms with Crippen molar-refractivity contribution < 1.29 is 5.11 Å². The highest BCUT2D eigenvalue weighted by Crippen LogP contribution is 2.28. The van der Waals surface area contributed by atoms with Crippen LogP contribution in [0.5, 0.6) is 0 Å². The molecule has 1 unspecified atom stereocenters. The van der Waals surface area contributed by atoms with E-state index in [1.807, 2.05) is 0 Å². The highest BCUT2D eigenvalue weighted by Gasteiger charge is 2.22. The van der Waals surface area contributed by atoms with E-state index in [0.29, 0.717) is 5.92 Å². The molecule has 0 amide bonds. The number of halogens is 1. The van der Waals surface area contributed by atoms with Crippen LogP contribution in [0.15, 0.2) is 22.7 Å². The van der Waals surface area contributed by atoms with Gasteiger partial charge in [-0.25, -0.2) is 0 Å². The van der Waals surface area contributed by atoms with Crippen LogP contribution in [0.1, 0.15) is 25.8 Å². The number of nitrogens with zero attached hydrogens (tertiary/aromatic N) is 1. The average Bonchev–Trinajstić information content (AvgIpc) is 2.77. The number of aliphatic hydroxyl groups excluding tert-OH is 1. The van der Waals surface area contributed by atoms with Gasteiger partial charge in [0.25, 0.3) is 0 Å². The summed E-state index contributed by atoms with van der Waals surface area (Å²) < 4.78 is 1.09. The zero-order chi connectivity index (χ0) is 13.8. The van der Waals surface area contributed by atoms with Gasteiger partial charge in [0.05, 0.1) is 6.10 Å². The first-order valence-electron chi connectivity index (χ1n) is 6.98. The number of benzene rings is 1. The number of hydrogen-bond donors (Lipinski definition) is 2. The molecule has 0 saturated carbocycles. The minimum Gasteiger partial charge on any atom is -0.391 e. The van der Waals surface area contributed by atoms with Gasteiger partial charge in [0.1, 0.15) is 0 Å². The van der Waals surface area contributed by atoms with Crippen LogP contribution in [0.2, 0.25) is 0 Å². The zero-order valence-corrected chi connectivity index (χ0v) is 13.3. The summed E-state index contributed by atoms with van der Waals surface area (Å²) in [4.78, 5) is 2.28. The fourth-order valence-electron chi connectivity index (χ4n) is 2.44. The minimum atomic E-state index is -0.185. The van der Waals surface area contributed by atoms with Crippen molar-refractivity contribution in [1.82, 2.24) is 5.32 Å². The molecule has 2 N–H and O–H groups in total. The molecule has 0 spiro atoms. The molecule has 1 aromatic carbocycles. The molecule has 4 heteroatoms. The van der Waals surface area contributed by atoms with E-state index in [2.05, 4.69) is 58.2 Å². The lowest BCUT2D eigenvalue weighted by atomic mass is 10.1. The number of nitrogens with one attached hydrogen (secondary N) is 1. The van der Waals surface area contributed by atoms with Crippen LogP contribution in [0.3, 0.4) is 0 Å². The van der Waals surface area contributed by atoms with Gasteiger partial charge in [-0.1, -0.05) is 35.8 Å². The monoisotopic (exact) mass is 326 g/mol. The SMILES string of the molecule is CC(C)CNCc1ccc(Br)cc1N1CCC(O)C1. The van der Waals surface area contributed by atoms with Gasteiger partial charge in [-0.05, 0) is 36.6 Å². The van der Waals surface area contributed by atoms with Gasteiger partial charge in [0, 0.05) is 29.8 Å². The second-order valence-corrected chi connectivity index (χ2v) is 6.60. The molecule has 0 aliphatic carbocycles. The van der Waals surface area contributed by atoms with E-state index in [4.69, 9.17) is 0 Å². The van der Waals surface area contributed by atoms with E-state index in [9.17, 15) is 5.11 Å². The van der Waals surface area contributed by atoms with Crippen molar-refractivity contribution in [3.8, 4) is 0 Å². The molecular formula is C15H23BrN2O. The molecule has 1 aliphatic heterocycles. The summed E-state index contributed by atoms with van der Waals surface area (Å²) >= 11 is 3.54. The summed E-state index contributed by atoms with van der Waals surface area (Å²) in [5.74, 6) is 0.660. The van der Waals surface area contributed by atoms with Crippen molar-refractivity contribution in [2.45, 2.75) is 32.9 Å². The van der Waals surface area contributed by atoms with E-state index in [0.717, 1.165) is 37.1 Å². The van der Waals surface area contributed by atoms with Crippen molar-refractivity contribution in [1.29, 1.82) is 0 Å². The largest absolute Gasteiger partial charge is 0.391 e. The van der Waals surface area contributed by atoms with Crippen molar-refractivity contribution in [2.24, 2.45) is 5.92 Å². The summed E-state index contributed by atoms with van der Waals surface area (Å²) in [6.07, 6.45) is 0.682. The Morgan fingerprint density at radius 3 is 2.89 bits per heavy atom. The molecule has 106 valence electrons. The summed E-state index contributed by atoms with van der Waals surface area (Å²) in [5, 5.41) is 13.2. The Morgan fingerprint density at radius 2 is 2.26 bits per heavy atom. The molecule has 0 bridgehead atoms. The second kappa shape index (κ2) is 6.73. The molecule has 1 aromatic rings. The summed E-state index contributed by atoms with van der Waals surface area (Å²) in [6, 6.07) is 6.41. The highest BCUT2D eigenvalue weighted by molar-refractivity contribution is 9.10. The maximum Gasteiger partial charge on any atom is 0.0731 e. The highest BCUT2D eigenvalue weighted by atomic mass is 79.9. The van der Waals surface area contributed by atoms with E-state index >= 15 is 0 Å². The van der Waals surface area contributed by atoms with E-state index < -0.39 is 0 Å². The molecule has 1 saturated heterocycles. The average molecular weight is 327 g/mol. The first-order chi connectivity index (χ1) is 9.06. The number of aliphatic hydroxyl groups is 1. The molecule has 1 heterocycles. The van der Waals surface area contributed by atoms with Crippen molar-refractivity contribution in [3.05, 3.63) is 28.2 Å². The fourth-order valence-corrected chi connectivity index (χ4v) is 2.79. The lowest BCUT2D eigenvalue weighted by Crippen LogP contribution is -2.25. The summed E-state index contributed by atoms with van der Waals surface area (Å²) in [7, 11) is 0. The van der Waals surface area contributed by atoms with E-state index in [1.54, 1.807) is 0 Å². The number of β-amino-alcohol motifs (C(OH)–C–C–N with tert-alkyl or cyclic N) is 1. The Balaban J connectivity index is 2.09. The van der Waals surface area contributed by atoms with Crippen LogP contribution in [0.25, 0.3) is 0 Å². The third-order valence-corrected chi connectivity index (χ3v) is 3.91. The number of hydrogen-bond acceptors (Lipinski definition) is 3. The Kier molecular flexibility index (Phi) is 5.25. The Bertz CT molecular complexity index is 423. The van der Waals surface area contributed by atoms with Crippen LogP contribution in [-0.2, 0) is 6.54 Å². The molecule has 1 aliphatic rings. The predicted octanol–water partition coefficient (Wildman–Crippen LogP) is 2.77.